The Morgan fingerprint density at radius 3 is 2.87 bits per heavy atom. The second kappa shape index (κ2) is 6.19. The lowest BCUT2D eigenvalue weighted by Crippen LogP contribution is -2.18. The number of H-pyrrole nitrogens is 1. The molecule has 120 valence electrons. The summed E-state index contributed by atoms with van der Waals surface area (Å²) in [5.41, 5.74) is 0.429. The van der Waals surface area contributed by atoms with Crippen molar-refractivity contribution in [2.24, 2.45) is 0 Å². The van der Waals surface area contributed by atoms with Gasteiger partial charge in [0.25, 0.3) is 11.5 Å². The fraction of sp³-hybridized carbons (Fsp3) is 0.286. The number of carbonyl (C=O) groups is 1. The van der Waals surface area contributed by atoms with Gasteiger partial charge >= 0.3 is 0 Å². The lowest BCUT2D eigenvalue weighted by Gasteiger charge is -2.07. The molecular weight excluding hydrogens is 334 g/mol. The molecule has 0 aliphatic heterocycles. The van der Waals surface area contributed by atoms with Crippen LogP contribution < -0.4 is 10.9 Å². The predicted octanol–water partition coefficient (Wildman–Crippen LogP) is 2.06. The maximum Gasteiger partial charge on any atom is 0.267 e. The highest BCUT2D eigenvalue weighted by Crippen LogP contribution is 2.28. The SMILES string of the molecule is Cc1c(C(=O)Nc2nccs2)sc2nc(CN(C)C)[nH]c(=O)c12. The number of aromatic nitrogens is 3. The number of fused-ring (bicyclic) bond motifs is 1. The lowest BCUT2D eigenvalue weighted by atomic mass is 10.2. The van der Waals surface area contributed by atoms with Crippen molar-refractivity contribution in [2.45, 2.75) is 13.5 Å². The molecule has 9 heteroatoms. The number of nitrogens with zero attached hydrogens (tertiary/aromatic N) is 3. The summed E-state index contributed by atoms with van der Waals surface area (Å²) >= 11 is 2.57. The summed E-state index contributed by atoms with van der Waals surface area (Å²) in [7, 11) is 3.80. The number of aryl methyl sites for hydroxylation is 1. The fourth-order valence-corrected chi connectivity index (χ4v) is 3.84. The molecule has 0 aliphatic carbocycles. The Balaban J connectivity index is 2.02. The van der Waals surface area contributed by atoms with E-state index in [-0.39, 0.29) is 11.5 Å². The second-order valence-electron chi connectivity index (χ2n) is 5.28. The smallest absolute Gasteiger partial charge is 0.267 e. The van der Waals surface area contributed by atoms with Crippen LogP contribution in [-0.4, -0.2) is 39.9 Å². The van der Waals surface area contributed by atoms with Crippen molar-refractivity contribution in [1.29, 1.82) is 0 Å². The van der Waals surface area contributed by atoms with Crippen LogP contribution in [0.25, 0.3) is 10.2 Å². The van der Waals surface area contributed by atoms with Crippen molar-refractivity contribution in [3.63, 3.8) is 0 Å². The topological polar surface area (TPSA) is 91.0 Å². The molecule has 0 bridgehead atoms. The first kappa shape index (κ1) is 15.8. The average Bonchev–Trinajstić information content (AvgIpc) is 3.06. The van der Waals surface area contributed by atoms with Crippen LogP contribution in [0.2, 0.25) is 0 Å². The Morgan fingerprint density at radius 2 is 2.22 bits per heavy atom. The first-order valence-corrected chi connectivity index (χ1v) is 8.53. The molecule has 0 atom stereocenters. The highest BCUT2D eigenvalue weighted by Gasteiger charge is 2.20. The van der Waals surface area contributed by atoms with E-state index >= 15 is 0 Å². The average molecular weight is 349 g/mol. The van der Waals surface area contributed by atoms with Gasteiger partial charge in [-0.25, -0.2) is 9.97 Å². The van der Waals surface area contributed by atoms with Gasteiger partial charge in [-0.15, -0.1) is 22.7 Å². The summed E-state index contributed by atoms with van der Waals surface area (Å²) in [6.07, 6.45) is 1.62. The molecule has 0 unspecified atom stereocenters. The molecule has 0 spiro atoms. The Bertz CT molecular complexity index is 911. The van der Waals surface area contributed by atoms with Crippen molar-refractivity contribution < 1.29 is 4.79 Å². The van der Waals surface area contributed by atoms with Gasteiger partial charge < -0.3 is 9.88 Å². The van der Waals surface area contributed by atoms with Crippen LogP contribution >= 0.6 is 22.7 Å². The number of hydrogen-bond acceptors (Lipinski definition) is 7. The molecular formula is C14H15N5O2S2. The van der Waals surface area contributed by atoms with Gasteiger partial charge in [-0.05, 0) is 26.6 Å². The van der Waals surface area contributed by atoms with Crippen molar-refractivity contribution in [1.82, 2.24) is 19.9 Å². The number of thiophene rings is 1. The summed E-state index contributed by atoms with van der Waals surface area (Å²) in [5.74, 6) is 0.314. The van der Waals surface area contributed by atoms with Gasteiger partial charge in [-0.1, -0.05) is 0 Å². The largest absolute Gasteiger partial charge is 0.309 e. The Labute approximate surface area is 140 Å². The van der Waals surface area contributed by atoms with Gasteiger partial charge in [-0.2, -0.15) is 0 Å². The van der Waals surface area contributed by atoms with E-state index in [0.717, 1.165) is 0 Å². The molecule has 0 aromatic carbocycles. The normalized spacial score (nSPS) is 11.3. The van der Waals surface area contributed by atoms with E-state index in [9.17, 15) is 9.59 Å². The minimum Gasteiger partial charge on any atom is -0.309 e. The molecule has 3 aromatic rings. The summed E-state index contributed by atoms with van der Waals surface area (Å²) in [4.78, 5) is 38.9. The van der Waals surface area contributed by atoms with Crippen molar-refractivity contribution in [3.05, 3.63) is 38.2 Å². The van der Waals surface area contributed by atoms with E-state index in [1.165, 1.54) is 22.7 Å². The summed E-state index contributed by atoms with van der Waals surface area (Å²) in [5, 5.41) is 5.53. The van der Waals surface area contributed by atoms with Gasteiger partial charge in [0.2, 0.25) is 0 Å². The van der Waals surface area contributed by atoms with Gasteiger partial charge in [0.1, 0.15) is 10.7 Å². The first-order chi connectivity index (χ1) is 11.0. The fourth-order valence-electron chi connectivity index (χ4n) is 2.22. The maximum absolute atomic E-state index is 12.4. The van der Waals surface area contributed by atoms with E-state index in [4.69, 9.17) is 0 Å². The zero-order valence-electron chi connectivity index (χ0n) is 12.8. The number of anilines is 1. The molecule has 0 saturated heterocycles. The molecule has 3 rings (SSSR count). The van der Waals surface area contributed by atoms with Crippen LogP contribution in [0.15, 0.2) is 16.4 Å². The Morgan fingerprint density at radius 1 is 1.43 bits per heavy atom. The first-order valence-electron chi connectivity index (χ1n) is 6.83. The highest BCUT2D eigenvalue weighted by atomic mass is 32.1. The number of nitrogens with one attached hydrogen (secondary N) is 2. The van der Waals surface area contributed by atoms with Gasteiger partial charge in [0.05, 0.1) is 16.8 Å². The van der Waals surface area contributed by atoms with Crippen LogP contribution in [0.3, 0.4) is 0 Å². The van der Waals surface area contributed by atoms with Crippen LogP contribution in [0.4, 0.5) is 5.13 Å². The molecule has 0 fully saturated rings. The van der Waals surface area contributed by atoms with Gasteiger partial charge in [-0.3, -0.25) is 14.9 Å². The van der Waals surface area contributed by atoms with Crippen molar-refractivity contribution in [2.75, 3.05) is 19.4 Å². The number of thiazole rings is 1. The summed E-state index contributed by atoms with van der Waals surface area (Å²) < 4.78 is 0. The summed E-state index contributed by atoms with van der Waals surface area (Å²) in [6.45, 7) is 2.29. The van der Waals surface area contributed by atoms with Crippen LogP contribution in [-0.2, 0) is 6.54 Å². The molecule has 3 heterocycles. The molecule has 0 saturated carbocycles. The van der Waals surface area contributed by atoms with E-state index in [1.54, 1.807) is 18.5 Å². The molecule has 3 aromatic heterocycles. The van der Waals surface area contributed by atoms with Crippen molar-refractivity contribution in [3.8, 4) is 0 Å². The van der Waals surface area contributed by atoms with Crippen LogP contribution in [0.5, 0.6) is 0 Å². The third kappa shape index (κ3) is 3.16. The predicted molar refractivity (Wildman–Crippen MR) is 92.4 cm³/mol. The van der Waals surface area contributed by atoms with E-state index in [1.807, 2.05) is 19.0 Å². The van der Waals surface area contributed by atoms with Gasteiger partial charge in [0, 0.05) is 11.6 Å². The number of aromatic amines is 1. The molecule has 2 N–H and O–H groups in total. The standard InChI is InChI=1S/C14H15N5O2S2/c1-7-9-11(20)16-8(6-19(2)3)17-13(9)23-10(7)12(21)18-14-15-4-5-22-14/h4-5H,6H2,1-3H3,(H,15,18,21)(H,16,17,20). The second-order valence-corrected chi connectivity index (χ2v) is 7.17. The molecule has 23 heavy (non-hydrogen) atoms. The van der Waals surface area contributed by atoms with E-state index in [2.05, 4.69) is 20.3 Å². The number of rotatable bonds is 4. The number of hydrogen-bond donors (Lipinski definition) is 2. The quantitative estimate of drug-likeness (QED) is 0.752. The zero-order chi connectivity index (χ0) is 16.6. The number of amides is 1. The van der Waals surface area contributed by atoms with Crippen LogP contribution in [0.1, 0.15) is 21.1 Å². The lowest BCUT2D eigenvalue weighted by molar-refractivity contribution is 0.103. The number of carbonyl (C=O) groups excluding carboxylic acids is 1. The minimum absolute atomic E-state index is 0.214. The monoisotopic (exact) mass is 349 g/mol. The molecule has 7 nitrogen and oxygen atoms in total. The van der Waals surface area contributed by atoms with Crippen LogP contribution in [0, 0.1) is 6.92 Å². The Kier molecular flexibility index (Phi) is 4.24. The molecule has 0 aliphatic rings. The van der Waals surface area contributed by atoms with E-state index in [0.29, 0.717) is 38.2 Å². The van der Waals surface area contributed by atoms with E-state index < -0.39 is 0 Å². The van der Waals surface area contributed by atoms with Crippen molar-refractivity contribution >= 4 is 43.9 Å². The maximum atomic E-state index is 12.4. The molecule has 1 amide bonds. The van der Waals surface area contributed by atoms with Gasteiger partial charge in [0.15, 0.2) is 5.13 Å². The minimum atomic E-state index is -0.269. The third-order valence-corrected chi connectivity index (χ3v) is 5.05. The molecule has 0 radical (unpaired) electrons. The Hall–Kier alpha value is -2.10. The zero-order valence-corrected chi connectivity index (χ0v) is 14.5. The summed E-state index contributed by atoms with van der Waals surface area (Å²) in [6, 6.07) is 0. The third-order valence-electron chi connectivity index (χ3n) is 3.17. The highest BCUT2D eigenvalue weighted by molar-refractivity contribution is 7.21.